The van der Waals surface area contributed by atoms with Crippen LogP contribution in [0.5, 0.6) is 0 Å². The van der Waals surface area contributed by atoms with E-state index in [0.717, 1.165) is 38.5 Å². The second-order valence-corrected chi connectivity index (χ2v) is 14.0. The molecule has 4 aliphatic rings. The number of hydrogen-bond donors (Lipinski definition) is 0. The molecule has 4 fully saturated rings. The summed E-state index contributed by atoms with van der Waals surface area (Å²) in [6.45, 7) is 12.1. The minimum absolute atomic E-state index is 0.00655. The molecule has 4 aliphatic carbocycles. The average Bonchev–Trinajstić information content (AvgIpc) is 3.12. The van der Waals surface area contributed by atoms with Crippen LogP contribution in [0.3, 0.4) is 0 Å². The maximum absolute atomic E-state index is 13.4. The van der Waals surface area contributed by atoms with Gasteiger partial charge in [-0.3, -0.25) is 14.4 Å². The minimum atomic E-state index is -0.233. The molecule has 4 rings (SSSR count). The van der Waals surface area contributed by atoms with Crippen molar-refractivity contribution in [2.45, 2.75) is 118 Å². The molecular formula is C31H49ClO5. The van der Waals surface area contributed by atoms with Gasteiger partial charge in [0.2, 0.25) is 0 Å². The van der Waals surface area contributed by atoms with E-state index in [9.17, 15) is 14.4 Å². The van der Waals surface area contributed by atoms with Gasteiger partial charge < -0.3 is 9.47 Å². The topological polar surface area (TPSA) is 69.7 Å². The summed E-state index contributed by atoms with van der Waals surface area (Å²) in [5, 5.41) is 0. The molecule has 210 valence electrons. The predicted octanol–water partition coefficient (Wildman–Crippen LogP) is 6.98. The van der Waals surface area contributed by atoms with Crippen molar-refractivity contribution in [3.8, 4) is 0 Å². The summed E-state index contributed by atoms with van der Waals surface area (Å²) in [5.41, 5.74) is 0.279. The van der Waals surface area contributed by atoms with Crippen LogP contribution in [0, 0.1) is 52.3 Å². The molecule has 0 aromatic heterocycles. The number of esters is 2. The highest BCUT2D eigenvalue weighted by molar-refractivity contribution is 6.18. The molecule has 0 N–H and O–H groups in total. The average molecular weight is 537 g/mol. The van der Waals surface area contributed by atoms with Crippen molar-refractivity contribution < 1.29 is 23.9 Å². The molecule has 0 saturated heterocycles. The van der Waals surface area contributed by atoms with Gasteiger partial charge in [-0.2, -0.15) is 0 Å². The van der Waals surface area contributed by atoms with Gasteiger partial charge >= 0.3 is 11.9 Å². The highest BCUT2D eigenvalue weighted by atomic mass is 35.5. The van der Waals surface area contributed by atoms with Crippen molar-refractivity contribution in [2.24, 2.45) is 52.3 Å². The zero-order chi connectivity index (χ0) is 27.1. The van der Waals surface area contributed by atoms with E-state index < -0.39 is 0 Å². The van der Waals surface area contributed by atoms with Crippen LogP contribution in [0.15, 0.2) is 0 Å². The second-order valence-electron chi connectivity index (χ2n) is 13.7. The van der Waals surface area contributed by atoms with Gasteiger partial charge in [0.25, 0.3) is 0 Å². The number of ketones is 1. The minimum Gasteiger partial charge on any atom is -0.463 e. The highest BCUT2D eigenvalue weighted by Crippen LogP contribution is 2.68. The van der Waals surface area contributed by atoms with Gasteiger partial charge in [-0.15, -0.1) is 11.6 Å². The molecule has 0 aliphatic heterocycles. The molecule has 6 heteroatoms. The number of carbonyl (C=O) groups excluding carboxylic acids is 3. The lowest BCUT2D eigenvalue weighted by molar-refractivity contribution is -0.161. The van der Waals surface area contributed by atoms with Crippen molar-refractivity contribution in [2.75, 3.05) is 5.88 Å². The standard InChI is InChI=1S/C31H49ClO5/c1-18(17-32)7-10-27(35)19(2)29-28(37-21(4)34)16-26-24-9-8-22-15-23(36-20(3)33)11-13-30(22,5)25(24)12-14-31(26,29)6/h18-19,22-26,28-29H,7-17H2,1-6H3/t18?,19-,22?,23+,24-,25+,26+,28+,29+,30+,31+/m1/s1. The predicted molar refractivity (Wildman–Crippen MR) is 145 cm³/mol. The van der Waals surface area contributed by atoms with Crippen LogP contribution in [-0.4, -0.2) is 35.8 Å². The summed E-state index contributed by atoms with van der Waals surface area (Å²) >= 11 is 6.00. The first-order chi connectivity index (χ1) is 17.4. The Labute approximate surface area is 229 Å². The number of ether oxygens (including phenoxy) is 2. The monoisotopic (exact) mass is 536 g/mol. The molecule has 0 radical (unpaired) electrons. The molecule has 0 spiro atoms. The van der Waals surface area contributed by atoms with Gasteiger partial charge in [-0.25, -0.2) is 0 Å². The normalized spacial score (nSPS) is 42.5. The maximum atomic E-state index is 13.4. The Morgan fingerprint density at radius 1 is 0.892 bits per heavy atom. The third-order valence-corrected chi connectivity index (χ3v) is 12.1. The molecule has 0 heterocycles. The Morgan fingerprint density at radius 3 is 2.22 bits per heavy atom. The Bertz CT molecular complexity index is 874. The number of fused-ring (bicyclic) bond motifs is 5. The van der Waals surface area contributed by atoms with Gasteiger partial charge in [0, 0.05) is 38.0 Å². The Balaban J connectivity index is 1.55. The molecule has 11 atom stereocenters. The summed E-state index contributed by atoms with van der Waals surface area (Å²) in [6, 6.07) is 0. The molecule has 0 amide bonds. The second kappa shape index (κ2) is 11.2. The zero-order valence-corrected chi connectivity index (χ0v) is 24.6. The lowest BCUT2D eigenvalue weighted by Crippen LogP contribution is -2.54. The Kier molecular flexibility index (Phi) is 8.73. The Morgan fingerprint density at radius 2 is 1.57 bits per heavy atom. The van der Waals surface area contributed by atoms with Gasteiger partial charge in [0.05, 0.1) is 0 Å². The first kappa shape index (κ1) is 28.9. The van der Waals surface area contributed by atoms with E-state index in [4.69, 9.17) is 21.1 Å². The van der Waals surface area contributed by atoms with Crippen molar-refractivity contribution in [1.82, 2.24) is 0 Å². The molecule has 5 nitrogen and oxygen atoms in total. The largest absolute Gasteiger partial charge is 0.463 e. The van der Waals surface area contributed by atoms with Crippen molar-refractivity contribution >= 4 is 29.3 Å². The van der Waals surface area contributed by atoms with E-state index in [1.165, 1.54) is 33.1 Å². The van der Waals surface area contributed by atoms with Crippen LogP contribution < -0.4 is 0 Å². The van der Waals surface area contributed by atoms with Crippen LogP contribution in [0.25, 0.3) is 0 Å². The molecule has 4 saturated carbocycles. The van der Waals surface area contributed by atoms with Gasteiger partial charge in [0.15, 0.2) is 0 Å². The SMILES string of the molecule is CC(=O)O[C@H]1CC[C@@]2(C)C(CC[C@H]3[C@@H]4C[C@H](OC(C)=O)[C@H]([C@H](C)C(=O)CCC(C)CCl)[C@@]4(C)CC[C@@H]32)C1. The molecular weight excluding hydrogens is 488 g/mol. The quantitative estimate of drug-likeness (QED) is 0.247. The molecule has 2 unspecified atom stereocenters. The van der Waals surface area contributed by atoms with E-state index in [2.05, 4.69) is 27.7 Å². The fourth-order valence-corrected chi connectivity index (χ4v) is 9.86. The van der Waals surface area contributed by atoms with Crippen molar-refractivity contribution in [1.29, 1.82) is 0 Å². The van der Waals surface area contributed by atoms with Gasteiger partial charge in [0.1, 0.15) is 18.0 Å². The third kappa shape index (κ3) is 5.50. The van der Waals surface area contributed by atoms with Gasteiger partial charge in [-0.1, -0.05) is 27.7 Å². The number of hydrogen-bond acceptors (Lipinski definition) is 5. The van der Waals surface area contributed by atoms with Crippen LogP contribution in [0.1, 0.15) is 106 Å². The van der Waals surface area contributed by atoms with Crippen LogP contribution in [-0.2, 0) is 23.9 Å². The van der Waals surface area contributed by atoms with Gasteiger partial charge in [-0.05, 0) is 98.2 Å². The summed E-state index contributed by atoms with van der Waals surface area (Å²) in [4.78, 5) is 37.2. The molecule has 0 aromatic rings. The summed E-state index contributed by atoms with van der Waals surface area (Å²) in [5.74, 6) is 3.08. The number of Topliss-reactive ketones (excluding diaryl/α,β-unsaturated/α-hetero) is 1. The molecule has 0 bridgehead atoms. The first-order valence-corrected chi connectivity index (χ1v) is 15.4. The lowest BCUT2D eigenvalue weighted by Gasteiger charge is -2.61. The number of rotatable bonds is 8. The smallest absolute Gasteiger partial charge is 0.302 e. The molecule has 0 aromatic carbocycles. The van der Waals surface area contributed by atoms with Crippen molar-refractivity contribution in [3.63, 3.8) is 0 Å². The fraction of sp³-hybridized carbons (Fsp3) is 0.903. The number of halogens is 1. The van der Waals surface area contributed by atoms with E-state index >= 15 is 0 Å². The van der Waals surface area contributed by atoms with E-state index in [1.807, 2.05) is 0 Å². The van der Waals surface area contributed by atoms with E-state index in [1.54, 1.807) is 0 Å². The first-order valence-electron chi connectivity index (χ1n) is 14.8. The molecule has 37 heavy (non-hydrogen) atoms. The maximum Gasteiger partial charge on any atom is 0.302 e. The summed E-state index contributed by atoms with van der Waals surface area (Å²) in [6.07, 6.45) is 9.84. The lowest BCUT2D eigenvalue weighted by atomic mass is 9.44. The van der Waals surface area contributed by atoms with E-state index in [0.29, 0.717) is 47.7 Å². The number of carbonyl (C=O) groups is 3. The highest BCUT2D eigenvalue weighted by Gasteiger charge is 2.64. The van der Waals surface area contributed by atoms with E-state index in [-0.39, 0.29) is 46.8 Å². The fourth-order valence-electron chi connectivity index (χ4n) is 9.71. The summed E-state index contributed by atoms with van der Waals surface area (Å²) < 4.78 is 11.6. The number of alkyl halides is 1. The van der Waals surface area contributed by atoms with Crippen LogP contribution >= 0.6 is 11.6 Å². The van der Waals surface area contributed by atoms with Crippen LogP contribution in [0.4, 0.5) is 0 Å². The third-order valence-electron chi connectivity index (χ3n) is 11.5. The van der Waals surface area contributed by atoms with Crippen molar-refractivity contribution in [3.05, 3.63) is 0 Å². The zero-order valence-electron chi connectivity index (χ0n) is 23.9. The van der Waals surface area contributed by atoms with Crippen LogP contribution in [0.2, 0.25) is 0 Å². The summed E-state index contributed by atoms with van der Waals surface area (Å²) in [7, 11) is 0. The Hall–Kier alpha value is -1.10.